The second-order valence-corrected chi connectivity index (χ2v) is 9.98. The highest BCUT2D eigenvalue weighted by Gasteiger charge is 2.52. The van der Waals surface area contributed by atoms with Gasteiger partial charge in [-0.1, -0.05) is 12.5 Å². The maximum absolute atomic E-state index is 13.5. The highest BCUT2D eigenvalue weighted by molar-refractivity contribution is 5.84. The summed E-state index contributed by atoms with van der Waals surface area (Å²) in [5.74, 6) is -0.115. The zero-order chi connectivity index (χ0) is 21.0. The van der Waals surface area contributed by atoms with Gasteiger partial charge in [-0.05, 0) is 109 Å². The fourth-order valence-corrected chi connectivity index (χ4v) is 6.35. The van der Waals surface area contributed by atoms with Crippen LogP contribution in [0.1, 0.15) is 65.8 Å². The first-order valence-corrected chi connectivity index (χ1v) is 11.3. The molecule has 2 N–H and O–H groups in total. The van der Waals surface area contributed by atoms with Crippen molar-refractivity contribution < 1.29 is 9.18 Å². The Balaban J connectivity index is 1.40. The molecule has 0 bridgehead atoms. The number of nitrogens with two attached hydrogens (primary N) is 1. The molecule has 1 atom stereocenters. The number of hydrogen-bond donors (Lipinski definition) is 1. The smallest absolute Gasteiger partial charge is 0.225 e. The van der Waals surface area contributed by atoms with E-state index in [1.54, 1.807) is 12.1 Å². The van der Waals surface area contributed by atoms with E-state index in [1.807, 2.05) is 6.07 Å². The fourth-order valence-electron chi connectivity index (χ4n) is 6.35. The van der Waals surface area contributed by atoms with Crippen LogP contribution in [0.3, 0.4) is 0 Å². The number of anilines is 1. The van der Waals surface area contributed by atoms with E-state index in [4.69, 9.17) is 5.73 Å². The Kier molecular flexibility index (Phi) is 4.64. The Morgan fingerprint density at radius 3 is 2.43 bits per heavy atom. The second kappa shape index (κ2) is 7.11. The maximum atomic E-state index is 13.5. The van der Waals surface area contributed by atoms with Crippen LogP contribution in [0.4, 0.5) is 10.1 Å². The van der Waals surface area contributed by atoms with Crippen molar-refractivity contribution in [1.82, 2.24) is 0 Å². The average Bonchev–Trinajstić information content (AvgIpc) is 2.63. The molecule has 30 heavy (non-hydrogen) atoms. The number of halogens is 1. The van der Waals surface area contributed by atoms with Crippen LogP contribution in [0.25, 0.3) is 0 Å². The number of aryl methyl sites for hydroxylation is 2. The number of amides is 1. The van der Waals surface area contributed by atoms with Gasteiger partial charge in [0.25, 0.3) is 0 Å². The minimum atomic E-state index is -0.179. The molecule has 2 aromatic rings. The third kappa shape index (κ3) is 3.21. The molecule has 0 radical (unpaired) electrons. The molecule has 1 heterocycles. The van der Waals surface area contributed by atoms with Gasteiger partial charge in [0.2, 0.25) is 5.91 Å². The molecule has 5 rings (SSSR count). The van der Waals surface area contributed by atoms with E-state index in [0.29, 0.717) is 11.3 Å². The Labute approximate surface area is 178 Å². The lowest BCUT2D eigenvalue weighted by Crippen LogP contribution is -2.47. The zero-order valence-electron chi connectivity index (χ0n) is 18.0. The number of fused-ring (bicyclic) bond motifs is 1. The third-order valence-electron chi connectivity index (χ3n) is 8.02. The number of rotatable bonds is 4. The maximum Gasteiger partial charge on any atom is 0.225 e. The lowest BCUT2D eigenvalue weighted by Gasteiger charge is -2.56. The van der Waals surface area contributed by atoms with E-state index >= 15 is 0 Å². The summed E-state index contributed by atoms with van der Waals surface area (Å²) in [6.07, 6.45) is 7.15. The average molecular weight is 407 g/mol. The Morgan fingerprint density at radius 2 is 1.83 bits per heavy atom. The SMILES string of the molecule is Cc1cc(N2CCc3cc(F)ccc3C2)cc(C)c1C(C(N)=O)C1CC2(CCC2)C1. The van der Waals surface area contributed by atoms with Gasteiger partial charge < -0.3 is 10.6 Å². The van der Waals surface area contributed by atoms with Crippen molar-refractivity contribution in [1.29, 1.82) is 0 Å². The van der Waals surface area contributed by atoms with Crippen molar-refractivity contribution in [3.63, 3.8) is 0 Å². The third-order valence-corrected chi connectivity index (χ3v) is 8.02. The van der Waals surface area contributed by atoms with Crippen molar-refractivity contribution in [2.75, 3.05) is 11.4 Å². The summed E-state index contributed by atoms with van der Waals surface area (Å²) in [6.45, 7) is 5.90. The van der Waals surface area contributed by atoms with Crippen molar-refractivity contribution in [2.24, 2.45) is 17.1 Å². The van der Waals surface area contributed by atoms with E-state index in [9.17, 15) is 9.18 Å². The van der Waals surface area contributed by atoms with E-state index < -0.39 is 0 Å². The molecular weight excluding hydrogens is 375 g/mol. The highest BCUT2D eigenvalue weighted by atomic mass is 19.1. The Morgan fingerprint density at radius 1 is 1.13 bits per heavy atom. The molecule has 1 unspecified atom stereocenters. The largest absolute Gasteiger partial charge is 0.369 e. The first-order valence-electron chi connectivity index (χ1n) is 11.3. The molecule has 2 saturated carbocycles. The molecule has 3 nitrogen and oxygen atoms in total. The molecular formula is C26H31FN2O. The first kappa shape index (κ1) is 19.6. The second-order valence-electron chi connectivity index (χ2n) is 9.98. The topological polar surface area (TPSA) is 46.3 Å². The lowest BCUT2D eigenvalue weighted by molar-refractivity contribution is -0.125. The van der Waals surface area contributed by atoms with Crippen LogP contribution >= 0.6 is 0 Å². The molecule has 2 aliphatic carbocycles. The summed E-state index contributed by atoms with van der Waals surface area (Å²) in [7, 11) is 0. The standard InChI is InChI=1S/C26H31FN2O/c1-16-10-22(29-9-6-18-12-21(27)5-4-19(18)15-29)11-17(2)23(16)24(25(28)30)20-13-26(14-20)7-3-8-26/h4-5,10-12,20,24H,3,6-9,13-15H2,1-2H3,(H2,28,30). The van der Waals surface area contributed by atoms with Gasteiger partial charge in [-0.3, -0.25) is 4.79 Å². The van der Waals surface area contributed by atoms with Gasteiger partial charge in [0, 0.05) is 18.8 Å². The quantitative estimate of drug-likeness (QED) is 0.763. The van der Waals surface area contributed by atoms with E-state index in [0.717, 1.165) is 54.6 Å². The minimum absolute atomic E-state index is 0.157. The summed E-state index contributed by atoms with van der Waals surface area (Å²) in [4.78, 5) is 14.8. The van der Waals surface area contributed by atoms with E-state index in [-0.39, 0.29) is 17.6 Å². The molecule has 1 spiro atoms. The van der Waals surface area contributed by atoms with Gasteiger partial charge >= 0.3 is 0 Å². The zero-order valence-corrected chi connectivity index (χ0v) is 18.0. The molecule has 2 fully saturated rings. The van der Waals surface area contributed by atoms with Gasteiger partial charge in [0.1, 0.15) is 5.82 Å². The van der Waals surface area contributed by atoms with Crippen molar-refractivity contribution in [3.05, 3.63) is 64.0 Å². The predicted molar refractivity (Wildman–Crippen MR) is 118 cm³/mol. The Hall–Kier alpha value is -2.36. The monoisotopic (exact) mass is 406 g/mol. The number of carbonyl (C=O) groups excluding carboxylic acids is 1. The molecule has 4 heteroatoms. The highest BCUT2D eigenvalue weighted by Crippen LogP contribution is 2.62. The van der Waals surface area contributed by atoms with Crippen LogP contribution in [0, 0.1) is 31.0 Å². The van der Waals surface area contributed by atoms with E-state index in [1.165, 1.54) is 30.5 Å². The lowest BCUT2D eigenvalue weighted by atomic mass is 9.49. The number of nitrogens with zero attached hydrogens (tertiary/aromatic N) is 1. The minimum Gasteiger partial charge on any atom is -0.369 e. The molecule has 0 aromatic heterocycles. The van der Waals surface area contributed by atoms with Crippen LogP contribution in [0.5, 0.6) is 0 Å². The summed E-state index contributed by atoms with van der Waals surface area (Å²) in [5, 5.41) is 0. The van der Waals surface area contributed by atoms with E-state index in [2.05, 4.69) is 30.9 Å². The number of benzene rings is 2. The number of hydrogen-bond acceptors (Lipinski definition) is 2. The van der Waals surface area contributed by atoms with Gasteiger partial charge in [-0.2, -0.15) is 0 Å². The molecule has 1 amide bonds. The normalized spacial score (nSPS) is 21.0. The fraction of sp³-hybridized carbons (Fsp3) is 0.500. The number of carbonyl (C=O) groups is 1. The van der Waals surface area contributed by atoms with Crippen LogP contribution in [0.15, 0.2) is 30.3 Å². The van der Waals surface area contributed by atoms with Crippen LogP contribution in [-0.2, 0) is 17.8 Å². The van der Waals surface area contributed by atoms with Crippen molar-refractivity contribution in [2.45, 2.75) is 64.8 Å². The molecule has 1 aliphatic heterocycles. The van der Waals surface area contributed by atoms with Crippen molar-refractivity contribution >= 4 is 11.6 Å². The summed E-state index contributed by atoms with van der Waals surface area (Å²) in [5.41, 5.74) is 13.4. The summed E-state index contributed by atoms with van der Waals surface area (Å²) in [6, 6.07) is 9.54. The molecule has 0 saturated heterocycles. The molecule has 2 aromatic carbocycles. The summed E-state index contributed by atoms with van der Waals surface area (Å²) < 4.78 is 13.5. The van der Waals surface area contributed by atoms with Gasteiger partial charge in [0.05, 0.1) is 5.92 Å². The van der Waals surface area contributed by atoms with Crippen LogP contribution < -0.4 is 10.6 Å². The van der Waals surface area contributed by atoms with Crippen LogP contribution in [0.2, 0.25) is 0 Å². The van der Waals surface area contributed by atoms with Gasteiger partial charge in [-0.15, -0.1) is 0 Å². The van der Waals surface area contributed by atoms with Gasteiger partial charge in [-0.25, -0.2) is 4.39 Å². The number of primary amides is 1. The first-order chi connectivity index (χ1) is 14.3. The molecule has 3 aliphatic rings. The molecule has 158 valence electrons. The summed E-state index contributed by atoms with van der Waals surface area (Å²) >= 11 is 0. The Bertz CT molecular complexity index is 979. The van der Waals surface area contributed by atoms with Gasteiger partial charge in [0.15, 0.2) is 0 Å². The van der Waals surface area contributed by atoms with Crippen LogP contribution in [-0.4, -0.2) is 12.5 Å². The van der Waals surface area contributed by atoms with Crippen molar-refractivity contribution in [3.8, 4) is 0 Å². The predicted octanol–water partition coefficient (Wildman–Crippen LogP) is 5.15.